The summed E-state index contributed by atoms with van der Waals surface area (Å²) in [5.41, 5.74) is 4.07. The fraction of sp³-hybridized carbons (Fsp3) is 0.524. The van der Waals surface area contributed by atoms with Crippen molar-refractivity contribution in [2.45, 2.75) is 39.5 Å². The summed E-state index contributed by atoms with van der Waals surface area (Å²) < 4.78 is 40.8. The highest BCUT2D eigenvalue weighted by Gasteiger charge is 2.41. The summed E-state index contributed by atoms with van der Waals surface area (Å²) >= 11 is 0. The quantitative estimate of drug-likeness (QED) is 0.608. The summed E-state index contributed by atoms with van der Waals surface area (Å²) in [7, 11) is 1.69. The van der Waals surface area contributed by atoms with E-state index in [-0.39, 0.29) is 0 Å². The number of nitrogens with zero attached hydrogens (tertiary/aromatic N) is 5. The lowest BCUT2D eigenvalue weighted by Gasteiger charge is -2.39. The summed E-state index contributed by atoms with van der Waals surface area (Å²) in [6.07, 6.45) is -4.20. The SMILES string of the molecule is CN=C(NCc1c(C)nn(-c2ccccc2)c1C)N1CCN(C(C)C(F)(F)F)CC1. The van der Waals surface area contributed by atoms with Crippen molar-refractivity contribution >= 4 is 5.96 Å². The molecule has 1 aromatic carbocycles. The molecule has 3 rings (SSSR count). The average Bonchev–Trinajstić information content (AvgIpc) is 3.02. The number of nitrogens with one attached hydrogen (secondary N) is 1. The number of para-hydroxylation sites is 1. The van der Waals surface area contributed by atoms with Gasteiger partial charge in [-0.1, -0.05) is 18.2 Å². The third kappa shape index (κ3) is 4.77. The molecule has 1 fully saturated rings. The van der Waals surface area contributed by atoms with Crippen LogP contribution in [0.4, 0.5) is 13.2 Å². The molecule has 6 nitrogen and oxygen atoms in total. The Bertz CT molecular complexity index is 867. The van der Waals surface area contributed by atoms with Crippen LogP contribution in [0.5, 0.6) is 0 Å². The van der Waals surface area contributed by atoms with Gasteiger partial charge in [-0.2, -0.15) is 18.3 Å². The standard InChI is InChI=1S/C21H29F3N6/c1-15-19(16(2)30(27-15)18-8-6-5-7-9-18)14-26-20(25-4)29-12-10-28(11-13-29)17(3)21(22,23)24/h5-9,17H,10-14H2,1-4H3,(H,25,26). The number of benzene rings is 1. The van der Waals surface area contributed by atoms with Crippen molar-refractivity contribution in [1.82, 2.24) is 24.9 Å². The topological polar surface area (TPSA) is 48.7 Å². The summed E-state index contributed by atoms with van der Waals surface area (Å²) in [5.74, 6) is 0.695. The number of aliphatic imine (C=N–C) groups is 1. The van der Waals surface area contributed by atoms with Crippen LogP contribution in [0.25, 0.3) is 5.69 Å². The zero-order valence-corrected chi connectivity index (χ0v) is 17.9. The van der Waals surface area contributed by atoms with E-state index in [1.807, 2.05) is 53.8 Å². The van der Waals surface area contributed by atoms with Gasteiger partial charge >= 0.3 is 6.18 Å². The minimum atomic E-state index is -4.20. The monoisotopic (exact) mass is 422 g/mol. The lowest BCUT2D eigenvalue weighted by molar-refractivity contribution is -0.181. The van der Waals surface area contributed by atoms with E-state index in [0.717, 1.165) is 22.6 Å². The minimum absolute atomic E-state index is 0.353. The van der Waals surface area contributed by atoms with Crippen LogP contribution in [0.1, 0.15) is 23.9 Å². The first-order valence-corrected chi connectivity index (χ1v) is 10.1. The van der Waals surface area contributed by atoms with Crippen molar-refractivity contribution in [3.8, 4) is 5.69 Å². The third-order valence-electron chi connectivity index (χ3n) is 5.71. The second kappa shape index (κ2) is 9.07. The van der Waals surface area contributed by atoms with E-state index in [2.05, 4.69) is 15.4 Å². The largest absolute Gasteiger partial charge is 0.403 e. The van der Waals surface area contributed by atoms with Gasteiger partial charge in [0.1, 0.15) is 6.04 Å². The number of guanidine groups is 1. The molecular formula is C21H29F3N6. The number of hydrogen-bond donors (Lipinski definition) is 1. The molecule has 164 valence electrons. The Morgan fingerprint density at radius 1 is 1.13 bits per heavy atom. The van der Waals surface area contributed by atoms with Gasteiger partial charge in [0, 0.05) is 51.0 Å². The third-order valence-corrected chi connectivity index (χ3v) is 5.71. The van der Waals surface area contributed by atoms with Gasteiger partial charge in [-0.25, -0.2) is 4.68 Å². The van der Waals surface area contributed by atoms with E-state index in [9.17, 15) is 13.2 Å². The summed E-state index contributed by atoms with van der Waals surface area (Å²) in [5, 5.41) is 8.02. The second-order valence-corrected chi connectivity index (χ2v) is 7.54. The molecule has 0 bridgehead atoms. The van der Waals surface area contributed by atoms with Crippen molar-refractivity contribution < 1.29 is 13.2 Å². The molecule has 1 unspecified atom stereocenters. The Morgan fingerprint density at radius 2 is 1.77 bits per heavy atom. The molecule has 9 heteroatoms. The molecule has 0 aliphatic carbocycles. The van der Waals surface area contributed by atoms with Crippen molar-refractivity contribution in [2.75, 3.05) is 33.2 Å². The highest BCUT2D eigenvalue weighted by Crippen LogP contribution is 2.25. The average molecular weight is 422 g/mol. The molecule has 0 saturated carbocycles. The van der Waals surface area contributed by atoms with Crippen LogP contribution in [-0.4, -0.2) is 71.0 Å². The molecule has 1 atom stereocenters. The van der Waals surface area contributed by atoms with Crippen LogP contribution in [-0.2, 0) is 6.54 Å². The Labute approximate surface area is 175 Å². The van der Waals surface area contributed by atoms with Gasteiger partial charge in [0.05, 0.1) is 11.4 Å². The molecule has 1 aliphatic rings. The second-order valence-electron chi connectivity index (χ2n) is 7.54. The molecule has 1 saturated heterocycles. The predicted molar refractivity (Wildman–Crippen MR) is 112 cm³/mol. The van der Waals surface area contributed by atoms with Crippen molar-refractivity contribution in [3.63, 3.8) is 0 Å². The molecule has 2 heterocycles. The fourth-order valence-electron chi connectivity index (χ4n) is 3.78. The fourth-order valence-corrected chi connectivity index (χ4v) is 3.78. The van der Waals surface area contributed by atoms with Crippen LogP contribution in [0.15, 0.2) is 35.3 Å². The highest BCUT2D eigenvalue weighted by atomic mass is 19.4. The molecule has 1 N–H and O–H groups in total. The van der Waals surface area contributed by atoms with Gasteiger partial charge in [0.25, 0.3) is 0 Å². The molecule has 0 spiro atoms. The van der Waals surface area contributed by atoms with E-state index in [1.165, 1.54) is 11.8 Å². The van der Waals surface area contributed by atoms with Crippen molar-refractivity contribution in [1.29, 1.82) is 0 Å². The smallest absolute Gasteiger partial charge is 0.352 e. The number of halogens is 3. The molecule has 1 aliphatic heterocycles. The Kier molecular flexibility index (Phi) is 6.70. The molecule has 2 aromatic rings. The zero-order chi connectivity index (χ0) is 21.9. The Balaban J connectivity index is 1.63. The maximum atomic E-state index is 13.0. The van der Waals surface area contributed by atoms with Crippen LogP contribution < -0.4 is 5.32 Å². The lowest BCUT2D eigenvalue weighted by atomic mass is 10.2. The first kappa shape index (κ1) is 22.1. The molecular weight excluding hydrogens is 393 g/mol. The maximum Gasteiger partial charge on any atom is 0.403 e. The van der Waals surface area contributed by atoms with Crippen LogP contribution >= 0.6 is 0 Å². The van der Waals surface area contributed by atoms with E-state index >= 15 is 0 Å². The predicted octanol–water partition coefficient (Wildman–Crippen LogP) is 3.13. The van der Waals surface area contributed by atoms with Gasteiger partial charge in [-0.3, -0.25) is 9.89 Å². The summed E-state index contributed by atoms with van der Waals surface area (Å²) in [4.78, 5) is 7.81. The van der Waals surface area contributed by atoms with Gasteiger partial charge in [0.15, 0.2) is 5.96 Å². The van der Waals surface area contributed by atoms with Crippen molar-refractivity contribution in [2.24, 2.45) is 4.99 Å². The van der Waals surface area contributed by atoms with E-state index in [0.29, 0.717) is 38.7 Å². The number of hydrogen-bond acceptors (Lipinski definition) is 3. The molecule has 0 amide bonds. The van der Waals surface area contributed by atoms with E-state index in [1.54, 1.807) is 7.05 Å². The zero-order valence-electron chi connectivity index (χ0n) is 17.9. The van der Waals surface area contributed by atoms with Gasteiger partial charge in [-0.05, 0) is 32.9 Å². The number of aromatic nitrogens is 2. The number of rotatable bonds is 4. The van der Waals surface area contributed by atoms with Crippen LogP contribution in [0.2, 0.25) is 0 Å². The van der Waals surface area contributed by atoms with E-state index < -0.39 is 12.2 Å². The van der Waals surface area contributed by atoms with Gasteiger partial charge in [0.2, 0.25) is 0 Å². The first-order valence-electron chi connectivity index (χ1n) is 10.1. The summed E-state index contributed by atoms with van der Waals surface area (Å²) in [6, 6.07) is 8.52. The molecule has 1 aromatic heterocycles. The highest BCUT2D eigenvalue weighted by molar-refractivity contribution is 5.80. The van der Waals surface area contributed by atoms with Gasteiger partial charge in [-0.15, -0.1) is 0 Å². The van der Waals surface area contributed by atoms with E-state index in [4.69, 9.17) is 0 Å². The van der Waals surface area contributed by atoms with Crippen molar-refractivity contribution in [3.05, 3.63) is 47.3 Å². The maximum absolute atomic E-state index is 13.0. The molecule has 0 radical (unpaired) electrons. The summed E-state index contributed by atoms with van der Waals surface area (Å²) in [6.45, 7) is 7.49. The lowest BCUT2D eigenvalue weighted by Crippen LogP contribution is -2.56. The number of aryl methyl sites for hydroxylation is 1. The van der Waals surface area contributed by atoms with Crippen LogP contribution in [0.3, 0.4) is 0 Å². The number of alkyl halides is 3. The normalized spacial score (nSPS) is 17.3. The first-order chi connectivity index (χ1) is 14.2. The minimum Gasteiger partial charge on any atom is -0.352 e. The Hall–Kier alpha value is -2.55. The molecule has 30 heavy (non-hydrogen) atoms. The number of piperazine rings is 1. The van der Waals surface area contributed by atoms with Crippen LogP contribution in [0, 0.1) is 13.8 Å². The Morgan fingerprint density at radius 3 is 2.33 bits per heavy atom. The van der Waals surface area contributed by atoms with Gasteiger partial charge < -0.3 is 10.2 Å².